The van der Waals surface area contributed by atoms with Gasteiger partial charge in [0.15, 0.2) is 0 Å². The molecule has 0 aromatic heterocycles. The van der Waals surface area contributed by atoms with Crippen molar-refractivity contribution in [1.82, 2.24) is 9.80 Å². The fourth-order valence-electron chi connectivity index (χ4n) is 3.44. The molecule has 2 fully saturated rings. The Kier molecular flexibility index (Phi) is 6.89. The molecule has 2 N–H and O–H groups in total. The summed E-state index contributed by atoms with van der Waals surface area (Å²) in [6, 6.07) is 6.54. The van der Waals surface area contributed by atoms with Gasteiger partial charge in [-0.25, -0.2) is 4.79 Å². The Labute approximate surface area is 160 Å². The van der Waals surface area contributed by atoms with Gasteiger partial charge in [0.25, 0.3) is 5.91 Å². The Morgan fingerprint density at radius 3 is 2.46 bits per heavy atom. The van der Waals surface area contributed by atoms with Crippen LogP contribution in [0.4, 0.5) is 13.2 Å². The molecule has 7 nitrogen and oxygen atoms in total. The number of carbonyl (C=O) groups excluding carboxylic acids is 1. The molecule has 0 radical (unpaired) electrons. The molecule has 0 saturated carbocycles. The van der Waals surface area contributed by atoms with E-state index in [0.717, 1.165) is 19.7 Å². The zero-order chi connectivity index (χ0) is 21.1. The number of phenols is 1. The average molecular weight is 404 g/mol. The summed E-state index contributed by atoms with van der Waals surface area (Å²) in [6.45, 7) is 3.19. The number of alkyl halides is 3. The van der Waals surface area contributed by atoms with Gasteiger partial charge < -0.3 is 24.7 Å². The Hall–Kier alpha value is -2.33. The molecule has 0 unspecified atom stereocenters. The van der Waals surface area contributed by atoms with Gasteiger partial charge in [-0.1, -0.05) is 6.07 Å². The van der Waals surface area contributed by atoms with E-state index >= 15 is 0 Å². The summed E-state index contributed by atoms with van der Waals surface area (Å²) in [5, 5.41) is 16.6. The van der Waals surface area contributed by atoms with Crippen molar-refractivity contribution in [3.63, 3.8) is 0 Å². The highest BCUT2D eigenvalue weighted by Crippen LogP contribution is 2.34. The number of fused-ring (bicyclic) bond motifs is 1. The van der Waals surface area contributed by atoms with Crippen LogP contribution >= 0.6 is 0 Å². The number of ether oxygens (including phenoxy) is 1. The minimum absolute atomic E-state index is 0.0208. The Morgan fingerprint density at radius 1 is 1.29 bits per heavy atom. The average Bonchev–Trinajstić information content (AvgIpc) is 3.15. The van der Waals surface area contributed by atoms with E-state index in [1.54, 1.807) is 18.2 Å². The minimum Gasteiger partial charge on any atom is -0.508 e. The van der Waals surface area contributed by atoms with Gasteiger partial charge in [-0.05, 0) is 32.3 Å². The van der Waals surface area contributed by atoms with Crippen molar-refractivity contribution < 1.29 is 37.7 Å². The number of amides is 1. The molecule has 156 valence electrons. The van der Waals surface area contributed by atoms with Gasteiger partial charge in [0.2, 0.25) is 0 Å². The van der Waals surface area contributed by atoms with E-state index in [0.29, 0.717) is 23.9 Å². The van der Waals surface area contributed by atoms with Crippen molar-refractivity contribution in [2.45, 2.75) is 12.3 Å². The number of carboxylic acids is 1. The van der Waals surface area contributed by atoms with Gasteiger partial charge in [0, 0.05) is 37.0 Å². The lowest BCUT2D eigenvalue weighted by Gasteiger charge is -2.22. The van der Waals surface area contributed by atoms with Crippen molar-refractivity contribution in [2.75, 3.05) is 40.3 Å². The number of phenolic OH excluding ortho intramolecular Hbond substituents is 1. The molecule has 10 heteroatoms. The number of aliphatic carboxylic acids is 1. The molecule has 0 spiro atoms. The van der Waals surface area contributed by atoms with E-state index in [2.05, 4.69) is 19.0 Å². The van der Waals surface area contributed by atoms with Crippen molar-refractivity contribution in [3.8, 4) is 5.75 Å². The number of carboxylic acid groups (broad SMARTS) is 1. The van der Waals surface area contributed by atoms with E-state index in [-0.39, 0.29) is 17.8 Å². The molecule has 1 aromatic carbocycles. The largest absolute Gasteiger partial charge is 0.508 e. The minimum atomic E-state index is -5.08. The molecule has 2 aliphatic rings. The molecule has 0 bridgehead atoms. The van der Waals surface area contributed by atoms with Gasteiger partial charge in [-0.15, -0.1) is 0 Å². The first-order valence-corrected chi connectivity index (χ1v) is 8.63. The predicted molar refractivity (Wildman–Crippen MR) is 93.0 cm³/mol. The Bertz CT molecular complexity index is 711. The van der Waals surface area contributed by atoms with Gasteiger partial charge in [0.1, 0.15) is 5.75 Å². The predicted octanol–water partition coefficient (Wildman–Crippen LogP) is 1.67. The van der Waals surface area contributed by atoms with Crippen LogP contribution in [0.5, 0.6) is 5.75 Å². The number of hydrogen-bond acceptors (Lipinski definition) is 5. The molecule has 2 heterocycles. The summed E-state index contributed by atoms with van der Waals surface area (Å²) in [5.41, 5.74) is 0.541. The van der Waals surface area contributed by atoms with Gasteiger partial charge >= 0.3 is 12.1 Å². The third-order valence-corrected chi connectivity index (χ3v) is 4.66. The molecule has 3 atom stereocenters. The van der Waals surface area contributed by atoms with Crippen LogP contribution in [0.25, 0.3) is 0 Å². The van der Waals surface area contributed by atoms with Crippen molar-refractivity contribution in [2.24, 2.45) is 11.8 Å². The molecule has 2 aliphatic heterocycles. The van der Waals surface area contributed by atoms with Gasteiger partial charge in [-0.2, -0.15) is 13.2 Å². The van der Waals surface area contributed by atoms with Crippen molar-refractivity contribution in [3.05, 3.63) is 29.8 Å². The molecule has 2 saturated heterocycles. The first-order valence-electron chi connectivity index (χ1n) is 8.63. The third-order valence-electron chi connectivity index (χ3n) is 4.66. The maximum Gasteiger partial charge on any atom is 0.490 e. The number of likely N-dealkylation sites (tertiary alicyclic amines) is 1. The van der Waals surface area contributed by atoms with E-state index < -0.39 is 12.1 Å². The second-order valence-electron chi connectivity index (χ2n) is 7.12. The van der Waals surface area contributed by atoms with Crippen LogP contribution in [0, 0.1) is 11.8 Å². The Balaban J connectivity index is 0.000000345. The van der Waals surface area contributed by atoms with Gasteiger partial charge in [-0.3, -0.25) is 4.79 Å². The summed E-state index contributed by atoms with van der Waals surface area (Å²) in [6.07, 6.45) is -4.92. The zero-order valence-electron chi connectivity index (χ0n) is 15.5. The number of hydrogen-bond donors (Lipinski definition) is 2. The van der Waals surface area contributed by atoms with Crippen molar-refractivity contribution in [1.29, 1.82) is 0 Å². The normalized spacial score (nSPS) is 23.9. The zero-order valence-corrected chi connectivity index (χ0v) is 15.5. The first-order chi connectivity index (χ1) is 13.0. The molecule has 0 aliphatic carbocycles. The van der Waals surface area contributed by atoms with Crippen LogP contribution in [0.2, 0.25) is 0 Å². The maximum atomic E-state index is 12.5. The maximum absolute atomic E-state index is 12.5. The van der Waals surface area contributed by atoms with Crippen LogP contribution in [-0.4, -0.2) is 84.5 Å². The highest BCUT2D eigenvalue weighted by atomic mass is 19.4. The lowest BCUT2D eigenvalue weighted by Crippen LogP contribution is -2.33. The van der Waals surface area contributed by atoms with Crippen LogP contribution in [0.3, 0.4) is 0 Å². The fraction of sp³-hybridized carbons (Fsp3) is 0.556. The lowest BCUT2D eigenvalue weighted by molar-refractivity contribution is -0.192. The van der Waals surface area contributed by atoms with Crippen LogP contribution in [0.15, 0.2) is 24.3 Å². The highest BCUT2D eigenvalue weighted by molar-refractivity contribution is 5.94. The van der Waals surface area contributed by atoms with E-state index in [1.165, 1.54) is 6.07 Å². The number of rotatable bonds is 3. The SMILES string of the molecule is CN(C)C[C@@H]1CO[C@@H]2CN(C(=O)c3cccc(O)c3)C[C@H]12.O=C(O)C(F)(F)F. The molecule has 1 amide bonds. The second-order valence-corrected chi connectivity index (χ2v) is 7.12. The van der Waals surface area contributed by atoms with E-state index in [1.807, 2.05) is 4.90 Å². The standard InChI is InChI=1S/C16H22N2O3.C2HF3O2/c1-17(2)7-12-10-21-15-9-18(8-14(12)15)16(20)11-4-3-5-13(19)6-11;3-2(4,5)1(6)7/h3-6,12,14-15,19H,7-10H2,1-2H3;(H,6,7)/t12-,14-,15-;/m1./s1. The van der Waals surface area contributed by atoms with Crippen molar-refractivity contribution >= 4 is 11.9 Å². The van der Waals surface area contributed by atoms with Gasteiger partial charge in [0.05, 0.1) is 12.7 Å². The van der Waals surface area contributed by atoms with Crippen LogP contribution in [-0.2, 0) is 9.53 Å². The second kappa shape index (κ2) is 8.78. The summed E-state index contributed by atoms with van der Waals surface area (Å²) in [7, 11) is 4.13. The third kappa shape index (κ3) is 5.59. The monoisotopic (exact) mass is 404 g/mol. The summed E-state index contributed by atoms with van der Waals surface area (Å²) in [5.74, 6) is -1.73. The fourth-order valence-corrected chi connectivity index (χ4v) is 3.44. The number of halogens is 3. The molecule has 3 rings (SSSR count). The number of nitrogens with zero attached hydrogens (tertiary/aromatic N) is 2. The van der Waals surface area contributed by atoms with Crippen LogP contribution < -0.4 is 0 Å². The number of carbonyl (C=O) groups is 2. The highest BCUT2D eigenvalue weighted by Gasteiger charge is 2.45. The molecule has 28 heavy (non-hydrogen) atoms. The van der Waals surface area contributed by atoms with E-state index in [9.17, 15) is 23.1 Å². The Morgan fingerprint density at radius 2 is 1.93 bits per heavy atom. The number of aromatic hydroxyl groups is 1. The quantitative estimate of drug-likeness (QED) is 0.797. The summed E-state index contributed by atoms with van der Waals surface area (Å²) in [4.78, 5) is 25.4. The summed E-state index contributed by atoms with van der Waals surface area (Å²) < 4.78 is 37.6. The van der Waals surface area contributed by atoms with E-state index in [4.69, 9.17) is 14.6 Å². The smallest absolute Gasteiger partial charge is 0.490 e. The summed E-state index contributed by atoms with van der Waals surface area (Å²) >= 11 is 0. The topological polar surface area (TPSA) is 90.3 Å². The molecule has 1 aromatic rings. The lowest BCUT2D eigenvalue weighted by atomic mass is 9.93. The molecular formula is C18H23F3N2O5. The van der Waals surface area contributed by atoms with Crippen LogP contribution in [0.1, 0.15) is 10.4 Å². The molecular weight excluding hydrogens is 381 g/mol. The number of benzene rings is 1. The first kappa shape index (κ1) is 22.0.